The summed E-state index contributed by atoms with van der Waals surface area (Å²) >= 11 is 0. The molecule has 0 bridgehead atoms. The van der Waals surface area contributed by atoms with Crippen LogP contribution in [0.5, 0.6) is 5.88 Å². The molecular weight excluding hydrogens is 376 g/mol. The second-order valence-electron chi connectivity index (χ2n) is 6.27. The number of hydrogen-bond donors (Lipinski definition) is 2. The fourth-order valence-electron chi connectivity index (χ4n) is 3.15. The van der Waals surface area contributed by atoms with Crippen LogP contribution in [0.4, 0.5) is 17.6 Å². The normalized spacial score (nSPS) is 13.6. The third-order valence-electron chi connectivity index (χ3n) is 4.53. The Kier molecular flexibility index (Phi) is 4.06. The first kappa shape index (κ1) is 18.0. The number of aromatic hydroxyl groups is 1. The van der Waals surface area contributed by atoms with Crippen LogP contribution in [0.3, 0.4) is 0 Å². The summed E-state index contributed by atoms with van der Waals surface area (Å²) in [5.41, 5.74) is 1.12. The first-order chi connectivity index (χ1) is 13.3. The van der Waals surface area contributed by atoms with Crippen LogP contribution < -0.4 is 0 Å². The van der Waals surface area contributed by atoms with Gasteiger partial charge in [0.05, 0.1) is 28.1 Å². The van der Waals surface area contributed by atoms with E-state index in [0.717, 1.165) is 12.1 Å². The highest BCUT2D eigenvalue weighted by atomic mass is 19.4. The molecule has 1 aliphatic rings. The van der Waals surface area contributed by atoms with E-state index < -0.39 is 24.3 Å². The Labute approximate surface area is 156 Å². The van der Waals surface area contributed by atoms with Gasteiger partial charge in [0.25, 0.3) is 5.91 Å². The number of carbonyl (C=O) groups is 1. The van der Waals surface area contributed by atoms with Crippen molar-refractivity contribution >= 4 is 11.6 Å². The standard InChI is InChI=1S/C20H12F4N2O2/c21-9-10-1-3-11(4-2-10)16-14-15(19(28)25-16)17(26-18(14)27)12-5-7-13(8-6-12)20(22,23)24/h1-8,26-27H,9H2. The maximum atomic E-state index is 12.8. The highest BCUT2D eigenvalue weighted by molar-refractivity contribution is 6.30. The molecular formula is C20H12F4N2O2. The number of benzene rings is 2. The number of nitrogens with one attached hydrogen (secondary N) is 1. The van der Waals surface area contributed by atoms with Crippen molar-refractivity contribution in [2.24, 2.45) is 4.99 Å². The summed E-state index contributed by atoms with van der Waals surface area (Å²) in [6.07, 6.45) is -4.48. The molecule has 0 unspecified atom stereocenters. The van der Waals surface area contributed by atoms with Crippen molar-refractivity contribution in [1.82, 2.24) is 4.98 Å². The number of aromatic amines is 1. The number of hydrogen-bond acceptors (Lipinski definition) is 2. The van der Waals surface area contributed by atoms with Crippen molar-refractivity contribution in [3.63, 3.8) is 0 Å². The molecule has 0 saturated heterocycles. The molecule has 0 spiro atoms. The average molecular weight is 388 g/mol. The highest BCUT2D eigenvalue weighted by Gasteiger charge is 2.34. The second-order valence-corrected chi connectivity index (χ2v) is 6.27. The zero-order valence-corrected chi connectivity index (χ0v) is 14.1. The van der Waals surface area contributed by atoms with E-state index >= 15 is 0 Å². The van der Waals surface area contributed by atoms with E-state index in [4.69, 9.17) is 0 Å². The summed E-state index contributed by atoms with van der Waals surface area (Å²) in [4.78, 5) is 19.1. The van der Waals surface area contributed by atoms with Crippen LogP contribution in [0.1, 0.15) is 32.6 Å². The lowest BCUT2D eigenvalue weighted by molar-refractivity contribution is -0.137. The number of carbonyl (C=O) groups excluding carboxylic acids is 1. The van der Waals surface area contributed by atoms with Gasteiger partial charge in [0.2, 0.25) is 0 Å². The van der Waals surface area contributed by atoms with Gasteiger partial charge in [-0.15, -0.1) is 0 Å². The lowest BCUT2D eigenvalue weighted by atomic mass is 9.99. The van der Waals surface area contributed by atoms with Crippen molar-refractivity contribution in [3.05, 3.63) is 76.3 Å². The molecule has 0 saturated carbocycles. The molecule has 0 aliphatic carbocycles. The van der Waals surface area contributed by atoms with Crippen molar-refractivity contribution in [3.8, 4) is 17.1 Å². The van der Waals surface area contributed by atoms with Crippen LogP contribution in [0.25, 0.3) is 11.3 Å². The third kappa shape index (κ3) is 2.87. The van der Waals surface area contributed by atoms with Gasteiger partial charge in [0.15, 0.2) is 5.88 Å². The van der Waals surface area contributed by atoms with Gasteiger partial charge in [-0.1, -0.05) is 36.4 Å². The van der Waals surface area contributed by atoms with E-state index in [1.165, 1.54) is 12.1 Å². The van der Waals surface area contributed by atoms with Crippen molar-refractivity contribution in [2.45, 2.75) is 12.9 Å². The molecule has 2 heterocycles. The van der Waals surface area contributed by atoms with Gasteiger partial charge >= 0.3 is 6.18 Å². The zero-order chi connectivity index (χ0) is 20.1. The fraction of sp³-hybridized carbons (Fsp3) is 0.100. The van der Waals surface area contributed by atoms with Crippen LogP contribution in [0.15, 0.2) is 53.5 Å². The van der Waals surface area contributed by atoms with Gasteiger partial charge in [-0.2, -0.15) is 13.2 Å². The molecule has 0 atom stereocenters. The van der Waals surface area contributed by atoms with Gasteiger partial charge in [0.1, 0.15) is 6.67 Å². The molecule has 2 N–H and O–H groups in total. The lowest BCUT2D eigenvalue weighted by Gasteiger charge is -2.07. The number of nitrogens with zero attached hydrogens (tertiary/aromatic N) is 1. The summed E-state index contributed by atoms with van der Waals surface area (Å²) in [6.45, 7) is -0.635. The van der Waals surface area contributed by atoms with E-state index in [-0.39, 0.29) is 28.4 Å². The Morgan fingerprint density at radius 2 is 1.54 bits per heavy atom. The lowest BCUT2D eigenvalue weighted by Crippen LogP contribution is -2.04. The Hall–Kier alpha value is -3.42. The number of rotatable bonds is 3. The van der Waals surface area contributed by atoms with Crippen LogP contribution in [0, 0.1) is 0 Å². The smallest absolute Gasteiger partial charge is 0.416 e. The average Bonchev–Trinajstić information content (AvgIpc) is 3.20. The van der Waals surface area contributed by atoms with Crippen LogP contribution in [-0.2, 0) is 12.9 Å². The van der Waals surface area contributed by atoms with Crippen LogP contribution in [-0.4, -0.2) is 21.7 Å². The number of aromatic nitrogens is 1. The molecule has 0 fully saturated rings. The minimum absolute atomic E-state index is 0.0850. The minimum Gasteiger partial charge on any atom is -0.494 e. The fourth-order valence-corrected chi connectivity index (χ4v) is 3.15. The van der Waals surface area contributed by atoms with Gasteiger partial charge in [-0.25, -0.2) is 9.38 Å². The summed E-state index contributed by atoms with van der Waals surface area (Å²) in [7, 11) is 0. The van der Waals surface area contributed by atoms with E-state index in [0.29, 0.717) is 16.7 Å². The highest BCUT2D eigenvalue weighted by Crippen LogP contribution is 2.39. The maximum absolute atomic E-state index is 12.8. The van der Waals surface area contributed by atoms with Crippen LogP contribution in [0.2, 0.25) is 0 Å². The second kappa shape index (κ2) is 6.33. The molecule has 142 valence electrons. The minimum atomic E-state index is -4.48. The van der Waals surface area contributed by atoms with Gasteiger partial charge in [-0.3, -0.25) is 4.79 Å². The molecule has 4 rings (SSSR count). The molecule has 4 nitrogen and oxygen atoms in total. The molecule has 28 heavy (non-hydrogen) atoms. The molecule has 2 aromatic carbocycles. The van der Waals surface area contributed by atoms with Crippen molar-refractivity contribution < 1.29 is 27.5 Å². The topological polar surface area (TPSA) is 65.4 Å². The first-order valence-electron chi connectivity index (χ1n) is 8.21. The third-order valence-corrected chi connectivity index (χ3v) is 4.53. The summed E-state index contributed by atoms with van der Waals surface area (Å²) in [6, 6.07) is 10.5. The van der Waals surface area contributed by atoms with Gasteiger partial charge in [0, 0.05) is 5.56 Å². The van der Waals surface area contributed by atoms with E-state index in [2.05, 4.69) is 9.98 Å². The van der Waals surface area contributed by atoms with Gasteiger partial charge < -0.3 is 10.1 Å². The summed E-state index contributed by atoms with van der Waals surface area (Å²) in [5.74, 6) is -0.935. The number of H-pyrrole nitrogens is 1. The molecule has 3 aromatic rings. The van der Waals surface area contributed by atoms with E-state index in [9.17, 15) is 27.5 Å². The van der Waals surface area contributed by atoms with Crippen LogP contribution >= 0.6 is 0 Å². The maximum Gasteiger partial charge on any atom is 0.416 e. The molecule has 1 aliphatic heterocycles. The van der Waals surface area contributed by atoms with Gasteiger partial charge in [-0.05, 0) is 23.3 Å². The largest absolute Gasteiger partial charge is 0.494 e. The molecule has 1 amide bonds. The van der Waals surface area contributed by atoms with Crippen molar-refractivity contribution in [1.29, 1.82) is 0 Å². The summed E-state index contributed by atoms with van der Waals surface area (Å²) in [5, 5.41) is 10.3. The monoisotopic (exact) mass is 388 g/mol. The zero-order valence-electron chi connectivity index (χ0n) is 14.1. The SMILES string of the molecule is O=C1N=C(c2ccc(CF)cc2)c2c(O)[nH]c(-c3ccc(C(F)(F)F)cc3)c21. The van der Waals surface area contributed by atoms with E-state index in [1.54, 1.807) is 24.3 Å². The predicted octanol–water partition coefficient (Wildman–Crippen LogP) is 4.87. The van der Waals surface area contributed by atoms with E-state index in [1.807, 2.05) is 0 Å². The Bertz CT molecular complexity index is 1090. The Balaban J connectivity index is 1.77. The number of aliphatic imine (C=N–C) groups is 1. The number of fused-ring (bicyclic) bond motifs is 1. The number of amides is 1. The summed E-state index contributed by atoms with van der Waals surface area (Å²) < 4.78 is 51.0. The molecule has 8 heteroatoms. The number of halogens is 4. The quantitative estimate of drug-likeness (QED) is 0.629. The Morgan fingerprint density at radius 3 is 2.11 bits per heavy atom. The first-order valence-corrected chi connectivity index (χ1v) is 8.21. The predicted molar refractivity (Wildman–Crippen MR) is 94.1 cm³/mol. The van der Waals surface area contributed by atoms with Crippen molar-refractivity contribution in [2.75, 3.05) is 0 Å². The molecule has 0 radical (unpaired) electrons. The molecule has 1 aromatic heterocycles. The number of alkyl halides is 4. The Morgan fingerprint density at radius 1 is 0.929 bits per heavy atom.